The van der Waals surface area contributed by atoms with Gasteiger partial charge in [0.15, 0.2) is 0 Å². The monoisotopic (exact) mass is 320 g/mol. The van der Waals surface area contributed by atoms with Crippen LogP contribution in [0.4, 0.5) is 16.2 Å². The molecule has 0 aromatic heterocycles. The van der Waals surface area contributed by atoms with Gasteiger partial charge in [-0.2, -0.15) is 0 Å². The molecule has 2 rings (SSSR count). The van der Waals surface area contributed by atoms with Crippen LogP contribution in [0.3, 0.4) is 0 Å². The summed E-state index contributed by atoms with van der Waals surface area (Å²) in [5.41, 5.74) is 0.898. The van der Waals surface area contributed by atoms with Gasteiger partial charge in [0.1, 0.15) is 5.75 Å². The molecule has 0 aliphatic heterocycles. The summed E-state index contributed by atoms with van der Waals surface area (Å²) in [5.74, 6) is -0.818. The van der Waals surface area contributed by atoms with Gasteiger partial charge >= 0.3 is 12.0 Å². The van der Waals surface area contributed by atoms with E-state index in [1.165, 1.54) is 25.3 Å². The number of amides is 2. The lowest BCUT2D eigenvalue weighted by Gasteiger charge is -2.10. The lowest BCUT2D eigenvalue weighted by molar-refractivity contribution is 0.0600. The van der Waals surface area contributed by atoms with Crippen LogP contribution >= 0.6 is 11.6 Å². The number of hydrogen-bond donors (Lipinski definition) is 3. The van der Waals surface area contributed by atoms with E-state index in [9.17, 15) is 14.7 Å². The number of hydrogen-bond acceptors (Lipinski definition) is 4. The molecule has 0 fully saturated rings. The highest BCUT2D eigenvalue weighted by Crippen LogP contribution is 2.25. The summed E-state index contributed by atoms with van der Waals surface area (Å²) in [6.07, 6.45) is 0. The molecular weight excluding hydrogens is 308 g/mol. The summed E-state index contributed by atoms with van der Waals surface area (Å²) < 4.78 is 4.54. The number of carbonyl (C=O) groups excluding carboxylic acids is 2. The molecule has 0 bridgehead atoms. The highest BCUT2D eigenvalue weighted by atomic mass is 35.5. The molecule has 0 atom stereocenters. The number of phenolic OH excluding ortho intramolecular Hbond substituents is 1. The molecule has 2 aromatic rings. The van der Waals surface area contributed by atoms with E-state index in [4.69, 9.17) is 11.6 Å². The second-order valence-electron chi connectivity index (χ2n) is 4.31. The Morgan fingerprint density at radius 1 is 1.09 bits per heavy atom. The third-order valence-electron chi connectivity index (χ3n) is 2.77. The maximum absolute atomic E-state index is 11.8. The second-order valence-corrected chi connectivity index (χ2v) is 4.75. The topological polar surface area (TPSA) is 87.7 Å². The third-order valence-corrected chi connectivity index (χ3v) is 3.02. The Bertz CT molecular complexity index is 701. The quantitative estimate of drug-likeness (QED) is 0.597. The lowest BCUT2D eigenvalue weighted by atomic mass is 10.2. The Kier molecular flexibility index (Phi) is 4.85. The normalized spacial score (nSPS) is 9.91. The average Bonchev–Trinajstić information content (AvgIpc) is 2.50. The van der Waals surface area contributed by atoms with E-state index < -0.39 is 12.0 Å². The van der Waals surface area contributed by atoms with Crippen molar-refractivity contribution >= 4 is 35.0 Å². The van der Waals surface area contributed by atoms with Gasteiger partial charge in [0.05, 0.1) is 18.4 Å². The van der Waals surface area contributed by atoms with Crippen molar-refractivity contribution < 1.29 is 19.4 Å². The van der Waals surface area contributed by atoms with Crippen LogP contribution in [0.1, 0.15) is 10.4 Å². The summed E-state index contributed by atoms with van der Waals surface area (Å²) in [6.45, 7) is 0. The first kappa shape index (κ1) is 15.7. The Balaban J connectivity index is 2.05. The summed E-state index contributed by atoms with van der Waals surface area (Å²) in [4.78, 5) is 23.2. The van der Waals surface area contributed by atoms with E-state index >= 15 is 0 Å². The molecule has 0 spiro atoms. The summed E-state index contributed by atoms with van der Waals surface area (Å²) >= 11 is 5.75. The van der Waals surface area contributed by atoms with Crippen molar-refractivity contribution in [2.75, 3.05) is 17.7 Å². The first-order valence-corrected chi connectivity index (χ1v) is 6.62. The molecule has 2 aromatic carbocycles. The Morgan fingerprint density at radius 2 is 1.77 bits per heavy atom. The standard InChI is InChI=1S/C15H13ClN2O4/c1-22-14(20)9-2-7-12(13(19)8-9)18-15(21)17-11-5-3-10(16)4-6-11/h2-8,19H,1H3,(H2,17,18,21). The van der Waals surface area contributed by atoms with Crippen LogP contribution < -0.4 is 10.6 Å². The minimum Gasteiger partial charge on any atom is -0.506 e. The Hall–Kier alpha value is -2.73. The molecule has 0 saturated heterocycles. The van der Waals surface area contributed by atoms with Gasteiger partial charge in [-0.1, -0.05) is 11.6 Å². The van der Waals surface area contributed by atoms with Crippen molar-refractivity contribution in [2.45, 2.75) is 0 Å². The zero-order chi connectivity index (χ0) is 16.1. The van der Waals surface area contributed by atoms with E-state index in [-0.39, 0.29) is 17.0 Å². The first-order valence-electron chi connectivity index (χ1n) is 6.24. The minimum atomic E-state index is -0.576. The molecule has 0 aliphatic rings. The molecule has 0 radical (unpaired) electrons. The summed E-state index contributed by atoms with van der Waals surface area (Å²) in [5, 5.41) is 15.4. The molecule has 114 valence electrons. The van der Waals surface area contributed by atoms with E-state index in [0.29, 0.717) is 10.7 Å². The van der Waals surface area contributed by atoms with Gasteiger partial charge in [0, 0.05) is 10.7 Å². The van der Waals surface area contributed by atoms with Crippen molar-refractivity contribution in [1.29, 1.82) is 0 Å². The van der Waals surface area contributed by atoms with Crippen molar-refractivity contribution in [3.05, 3.63) is 53.1 Å². The fraction of sp³-hybridized carbons (Fsp3) is 0.0667. The number of methoxy groups -OCH3 is 1. The maximum Gasteiger partial charge on any atom is 0.337 e. The number of urea groups is 1. The van der Waals surface area contributed by atoms with E-state index in [2.05, 4.69) is 15.4 Å². The largest absolute Gasteiger partial charge is 0.506 e. The van der Waals surface area contributed by atoms with Crippen LogP contribution in [-0.2, 0) is 4.74 Å². The molecular formula is C15H13ClN2O4. The maximum atomic E-state index is 11.8. The summed E-state index contributed by atoms with van der Waals surface area (Å²) in [7, 11) is 1.24. The number of rotatable bonds is 3. The molecule has 3 N–H and O–H groups in total. The summed E-state index contributed by atoms with van der Waals surface area (Å²) in [6, 6.07) is 10.1. The SMILES string of the molecule is COC(=O)c1ccc(NC(=O)Nc2ccc(Cl)cc2)c(O)c1. The first-order chi connectivity index (χ1) is 10.5. The molecule has 0 saturated carbocycles. The number of carbonyl (C=O) groups is 2. The van der Waals surface area contributed by atoms with Gasteiger partial charge in [0.2, 0.25) is 0 Å². The number of anilines is 2. The molecule has 0 heterocycles. The molecule has 0 unspecified atom stereocenters. The molecule has 0 aliphatic carbocycles. The Labute approximate surface area is 131 Å². The average molecular weight is 321 g/mol. The van der Waals surface area contributed by atoms with E-state index in [0.717, 1.165) is 0 Å². The van der Waals surface area contributed by atoms with Crippen molar-refractivity contribution in [3.8, 4) is 5.75 Å². The van der Waals surface area contributed by atoms with E-state index in [1.807, 2.05) is 0 Å². The van der Waals surface area contributed by atoms with Crippen LogP contribution in [-0.4, -0.2) is 24.2 Å². The smallest absolute Gasteiger partial charge is 0.337 e. The highest BCUT2D eigenvalue weighted by Gasteiger charge is 2.11. The van der Waals surface area contributed by atoms with Crippen molar-refractivity contribution in [1.82, 2.24) is 0 Å². The molecule has 6 nitrogen and oxygen atoms in total. The number of nitrogens with one attached hydrogen (secondary N) is 2. The van der Waals surface area contributed by atoms with Gasteiger partial charge in [-0.15, -0.1) is 0 Å². The fourth-order valence-electron chi connectivity index (χ4n) is 1.70. The predicted molar refractivity (Wildman–Crippen MR) is 83.5 cm³/mol. The van der Waals surface area contributed by atoms with Crippen LogP contribution in [0.5, 0.6) is 5.75 Å². The Morgan fingerprint density at radius 3 is 2.36 bits per heavy atom. The van der Waals surface area contributed by atoms with Gasteiger partial charge in [-0.3, -0.25) is 0 Å². The number of phenols is 1. The van der Waals surface area contributed by atoms with Crippen molar-refractivity contribution in [3.63, 3.8) is 0 Å². The van der Waals surface area contributed by atoms with Crippen LogP contribution in [0, 0.1) is 0 Å². The van der Waals surface area contributed by atoms with Gasteiger partial charge in [-0.05, 0) is 42.5 Å². The number of ether oxygens (including phenoxy) is 1. The zero-order valence-electron chi connectivity index (χ0n) is 11.6. The number of halogens is 1. The van der Waals surface area contributed by atoms with Gasteiger partial charge in [-0.25, -0.2) is 9.59 Å². The van der Waals surface area contributed by atoms with Crippen LogP contribution in [0.2, 0.25) is 5.02 Å². The highest BCUT2D eigenvalue weighted by molar-refractivity contribution is 6.30. The van der Waals surface area contributed by atoms with Crippen LogP contribution in [0.25, 0.3) is 0 Å². The van der Waals surface area contributed by atoms with Crippen molar-refractivity contribution in [2.24, 2.45) is 0 Å². The third kappa shape index (κ3) is 3.89. The molecule has 22 heavy (non-hydrogen) atoms. The van der Waals surface area contributed by atoms with Gasteiger partial charge < -0.3 is 20.5 Å². The molecule has 7 heteroatoms. The zero-order valence-corrected chi connectivity index (χ0v) is 12.3. The number of aromatic hydroxyl groups is 1. The lowest BCUT2D eigenvalue weighted by Crippen LogP contribution is -2.19. The van der Waals surface area contributed by atoms with Crippen LogP contribution in [0.15, 0.2) is 42.5 Å². The second kappa shape index (κ2) is 6.82. The molecule has 2 amide bonds. The number of esters is 1. The predicted octanol–water partition coefficient (Wildman–Crippen LogP) is 3.48. The van der Waals surface area contributed by atoms with E-state index in [1.54, 1.807) is 24.3 Å². The minimum absolute atomic E-state index is 0.166. The van der Waals surface area contributed by atoms with Gasteiger partial charge in [0.25, 0.3) is 0 Å². The number of benzene rings is 2. The fourth-order valence-corrected chi connectivity index (χ4v) is 1.83.